The Balaban J connectivity index is 2.55. The Bertz CT molecular complexity index is 406. The van der Waals surface area contributed by atoms with Crippen LogP contribution < -0.4 is 0 Å². The van der Waals surface area contributed by atoms with Gasteiger partial charge in [0.25, 0.3) is 0 Å². The van der Waals surface area contributed by atoms with Gasteiger partial charge in [0, 0.05) is 22.8 Å². The van der Waals surface area contributed by atoms with Gasteiger partial charge >= 0.3 is 0 Å². The van der Waals surface area contributed by atoms with Crippen LogP contribution in [0.3, 0.4) is 0 Å². The van der Waals surface area contributed by atoms with Crippen molar-refractivity contribution in [1.82, 2.24) is 4.98 Å². The second-order valence-corrected chi connectivity index (χ2v) is 3.32. The molecule has 0 aliphatic carbocycles. The lowest BCUT2D eigenvalue weighted by Crippen LogP contribution is -1.70. The fourth-order valence-electron chi connectivity index (χ4n) is 1.09. The van der Waals surface area contributed by atoms with Gasteiger partial charge in [-0.05, 0) is 11.4 Å². The van der Waals surface area contributed by atoms with Crippen molar-refractivity contribution in [3.05, 3.63) is 35.5 Å². The second kappa shape index (κ2) is 2.84. The summed E-state index contributed by atoms with van der Waals surface area (Å²) < 4.78 is 0. The molecule has 0 atom stereocenters. The lowest BCUT2D eigenvalue weighted by atomic mass is 10.2. The summed E-state index contributed by atoms with van der Waals surface area (Å²) in [5.74, 6) is 0. The van der Waals surface area contributed by atoms with Crippen molar-refractivity contribution < 1.29 is 0 Å². The molecular formula is C9H6N2S. The van der Waals surface area contributed by atoms with Crippen molar-refractivity contribution in [1.29, 1.82) is 5.26 Å². The predicted molar refractivity (Wildman–Crippen MR) is 48.8 cm³/mol. The Morgan fingerprint density at radius 2 is 2.33 bits per heavy atom. The number of H-pyrrole nitrogens is 1. The topological polar surface area (TPSA) is 39.6 Å². The fourth-order valence-corrected chi connectivity index (χ4v) is 1.85. The Labute approximate surface area is 74.1 Å². The third-order valence-electron chi connectivity index (χ3n) is 1.65. The van der Waals surface area contributed by atoms with Crippen molar-refractivity contribution in [3.8, 4) is 16.5 Å². The van der Waals surface area contributed by atoms with E-state index in [9.17, 15) is 0 Å². The summed E-state index contributed by atoms with van der Waals surface area (Å²) in [4.78, 5) is 4.05. The lowest BCUT2D eigenvalue weighted by molar-refractivity contribution is 1.40. The summed E-state index contributed by atoms with van der Waals surface area (Å²) in [6, 6.07) is 6.13. The van der Waals surface area contributed by atoms with Gasteiger partial charge in [-0.1, -0.05) is 6.07 Å². The number of nitriles is 1. The third kappa shape index (κ3) is 1.03. The number of nitrogens with zero attached hydrogens (tertiary/aromatic N) is 1. The standard InChI is InChI=1S/C9H6N2S/c10-4-7-5-11-6-8(7)9-2-1-3-12-9/h1-3,5-6,11H. The van der Waals surface area contributed by atoms with Gasteiger partial charge in [0.2, 0.25) is 0 Å². The van der Waals surface area contributed by atoms with Crippen LogP contribution >= 0.6 is 11.3 Å². The molecule has 0 unspecified atom stereocenters. The van der Waals surface area contributed by atoms with Gasteiger partial charge in [-0.3, -0.25) is 0 Å². The van der Waals surface area contributed by atoms with Crippen molar-refractivity contribution in [3.63, 3.8) is 0 Å². The van der Waals surface area contributed by atoms with Crippen LogP contribution in [-0.4, -0.2) is 4.98 Å². The van der Waals surface area contributed by atoms with Gasteiger partial charge in [-0.2, -0.15) is 5.26 Å². The highest BCUT2D eigenvalue weighted by Gasteiger charge is 2.05. The maximum atomic E-state index is 8.74. The smallest absolute Gasteiger partial charge is 0.101 e. The first-order chi connectivity index (χ1) is 5.92. The number of thiophene rings is 1. The van der Waals surface area contributed by atoms with E-state index in [1.54, 1.807) is 17.5 Å². The van der Waals surface area contributed by atoms with Crippen LogP contribution in [0.15, 0.2) is 29.9 Å². The first-order valence-electron chi connectivity index (χ1n) is 3.52. The van der Waals surface area contributed by atoms with Crippen molar-refractivity contribution in [2.45, 2.75) is 0 Å². The normalized spacial score (nSPS) is 9.58. The van der Waals surface area contributed by atoms with Crippen LogP contribution in [0.2, 0.25) is 0 Å². The predicted octanol–water partition coefficient (Wildman–Crippen LogP) is 2.61. The molecule has 0 bridgehead atoms. The molecule has 2 aromatic rings. The number of aromatic nitrogens is 1. The molecule has 0 amide bonds. The van der Waals surface area contributed by atoms with E-state index >= 15 is 0 Å². The van der Waals surface area contributed by atoms with E-state index in [2.05, 4.69) is 11.1 Å². The molecule has 12 heavy (non-hydrogen) atoms. The molecule has 0 radical (unpaired) electrons. The van der Waals surface area contributed by atoms with Crippen LogP contribution in [-0.2, 0) is 0 Å². The highest BCUT2D eigenvalue weighted by atomic mass is 32.1. The number of aromatic amines is 1. The molecule has 2 aromatic heterocycles. The minimum absolute atomic E-state index is 0.706. The van der Waals surface area contributed by atoms with Gasteiger partial charge in [0.1, 0.15) is 6.07 Å². The fraction of sp³-hybridized carbons (Fsp3) is 0. The maximum Gasteiger partial charge on any atom is 0.101 e. The molecule has 0 aliphatic rings. The molecule has 0 saturated heterocycles. The molecule has 0 aromatic carbocycles. The molecule has 0 aliphatic heterocycles. The summed E-state index contributed by atoms with van der Waals surface area (Å²) in [6.45, 7) is 0. The zero-order chi connectivity index (χ0) is 8.39. The van der Waals surface area contributed by atoms with Crippen LogP contribution in [0.5, 0.6) is 0 Å². The molecule has 2 rings (SSSR count). The lowest BCUT2D eigenvalue weighted by Gasteiger charge is -1.89. The van der Waals surface area contributed by atoms with Gasteiger partial charge in [-0.15, -0.1) is 11.3 Å². The van der Waals surface area contributed by atoms with E-state index in [0.29, 0.717) is 5.56 Å². The number of nitrogens with one attached hydrogen (secondary N) is 1. The maximum absolute atomic E-state index is 8.74. The molecular weight excluding hydrogens is 168 g/mol. The Hall–Kier alpha value is -1.53. The number of hydrogen-bond acceptors (Lipinski definition) is 2. The minimum Gasteiger partial charge on any atom is -0.366 e. The molecule has 0 spiro atoms. The Morgan fingerprint density at radius 1 is 1.42 bits per heavy atom. The molecule has 0 saturated carbocycles. The van der Waals surface area contributed by atoms with Crippen LogP contribution in [0.25, 0.3) is 10.4 Å². The van der Waals surface area contributed by atoms with Gasteiger partial charge < -0.3 is 4.98 Å². The second-order valence-electron chi connectivity index (χ2n) is 2.37. The summed E-state index contributed by atoms with van der Waals surface area (Å²) >= 11 is 1.64. The van der Waals surface area contributed by atoms with E-state index in [0.717, 1.165) is 10.4 Å². The Kier molecular flexibility index (Phi) is 1.69. The molecule has 2 nitrogen and oxygen atoms in total. The van der Waals surface area contributed by atoms with E-state index in [1.807, 2.05) is 23.7 Å². The van der Waals surface area contributed by atoms with Gasteiger partial charge in [0.05, 0.1) is 5.56 Å². The molecule has 58 valence electrons. The van der Waals surface area contributed by atoms with Crippen LogP contribution in [0.4, 0.5) is 0 Å². The Morgan fingerprint density at radius 3 is 3.00 bits per heavy atom. The highest BCUT2D eigenvalue weighted by molar-refractivity contribution is 7.13. The first kappa shape index (κ1) is 7.14. The van der Waals surface area contributed by atoms with E-state index < -0.39 is 0 Å². The van der Waals surface area contributed by atoms with E-state index in [1.165, 1.54) is 0 Å². The molecule has 3 heteroatoms. The van der Waals surface area contributed by atoms with Crippen molar-refractivity contribution in [2.24, 2.45) is 0 Å². The molecule has 1 N–H and O–H groups in total. The third-order valence-corrected chi connectivity index (χ3v) is 2.56. The van der Waals surface area contributed by atoms with E-state index in [-0.39, 0.29) is 0 Å². The summed E-state index contributed by atoms with van der Waals surface area (Å²) in [5, 5.41) is 10.7. The van der Waals surface area contributed by atoms with Gasteiger partial charge in [0.15, 0.2) is 0 Å². The first-order valence-corrected chi connectivity index (χ1v) is 4.40. The number of hydrogen-bond donors (Lipinski definition) is 1. The number of rotatable bonds is 1. The molecule has 2 heterocycles. The average molecular weight is 174 g/mol. The van der Waals surface area contributed by atoms with Crippen LogP contribution in [0, 0.1) is 11.3 Å². The molecule has 0 fully saturated rings. The van der Waals surface area contributed by atoms with Crippen LogP contribution in [0.1, 0.15) is 5.56 Å². The summed E-state index contributed by atoms with van der Waals surface area (Å²) in [5.41, 5.74) is 1.70. The summed E-state index contributed by atoms with van der Waals surface area (Å²) in [7, 11) is 0. The summed E-state index contributed by atoms with van der Waals surface area (Å²) in [6.07, 6.45) is 3.57. The zero-order valence-electron chi connectivity index (χ0n) is 6.24. The quantitative estimate of drug-likeness (QED) is 0.709. The monoisotopic (exact) mass is 174 g/mol. The van der Waals surface area contributed by atoms with Gasteiger partial charge in [-0.25, -0.2) is 0 Å². The van der Waals surface area contributed by atoms with E-state index in [4.69, 9.17) is 5.26 Å². The van der Waals surface area contributed by atoms with Crippen molar-refractivity contribution >= 4 is 11.3 Å². The van der Waals surface area contributed by atoms with Crippen molar-refractivity contribution in [2.75, 3.05) is 0 Å². The SMILES string of the molecule is N#Cc1c[nH]cc1-c1cccs1. The highest BCUT2D eigenvalue weighted by Crippen LogP contribution is 2.26. The minimum atomic E-state index is 0.706. The zero-order valence-corrected chi connectivity index (χ0v) is 7.06. The largest absolute Gasteiger partial charge is 0.366 e. The average Bonchev–Trinajstić information content (AvgIpc) is 2.74.